The van der Waals surface area contributed by atoms with Crippen LogP contribution in [0.25, 0.3) is 0 Å². The molecule has 52 heavy (non-hydrogen) atoms. The Labute approximate surface area is 329 Å². The molecule has 1 heterocycles. The molecule has 0 saturated carbocycles. The number of hydrogen-bond acceptors (Lipinski definition) is 4. The molecule has 5 rings (SSSR count). The Balaban J connectivity index is 0.00000108. The Kier molecular flexibility index (Phi) is 23.5. The van der Waals surface area contributed by atoms with Crippen LogP contribution in [0.3, 0.4) is 0 Å². The summed E-state index contributed by atoms with van der Waals surface area (Å²) in [6.45, 7) is 15.9. The maximum Gasteiger partial charge on any atom is 0 e. The van der Waals surface area contributed by atoms with Gasteiger partial charge in [0.25, 0.3) is 0 Å². The molecule has 0 spiro atoms. The summed E-state index contributed by atoms with van der Waals surface area (Å²) in [6, 6.07) is 49.8. The van der Waals surface area contributed by atoms with Crippen LogP contribution in [0.1, 0.15) is 51.9 Å². The van der Waals surface area contributed by atoms with Crippen LogP contribution < -0.4 is 21.2 Å². The van der Waals surface area contributed by atoms with Crippen molar-refractivity contribution in [3.05, 3.63) is 158 Å². The number of aromatic nitrogens is 1. The molecule has 0 aliphatic carbocycles. The summed E-state index contributed by atoms with van der Waals surface area (Å²) in [6.07, 6.45) is 4.33. The fourth-order valence-corrected chi connectivity index (χ4v) is 10.1. The van der Waals surface area contributed by atoms with Crippen LogP contribution in [0.2, 0.25) is 0 Å². The number of benzene rings is 4. The van der Waals surface area contributed by atoms with E-state index in [1.807, 2.05) is 13.8 Å². The van der Waals surface area contributed by atoms with Crippen LogP contribution in [-0.2, 0) is 30.5 Å². The van der Waals surface area contributed by atoms with Gasteiger partial charge in [0.2, 0.25) is 0 Å². The molecule has 4 aromatic carbocycles. The predicted molar refractivity (Wildman–Crippen MR) is 222 cm³/mol. The van der Waals surface area contributed by atoms with Gasteiger partial charge in [0.15, 0.2) is 0 Å². The molecule has 270 valence electrons. The van der Waals surface area contributed by atoms with E-state index in [1.54, 1.807) is 0 Å². The maximum absolute atomic E-state index is 7.50. The van der Waals surface area contributed by atoms with E-state index >= 15 is 0 Å². The average Bonchev–Trinajstić information content (AvgIpc) is 3.20. The number of aliphatic imine (C=N–C) groups is 2. The van der Waals surface area contributed by atoms with Crippen LogP contribution in [0.4, 0.5) is 0 Å². The van der Waals surface area contributed by atoms with Gasteiger partial charge in [-0.25, -0.2) is 4.98 Å². The zero-order valence-corrected chi connectivity index (χ0v) is 34.7. The second kappa shape index (κ2) is 27.3. The van der Waals surface area contributed by atoms with Crippen molar-refractivity contribution in [3.63, 3.8) is 0 Å². The Morgan fingerprint density at radius 3 is 1.12 bits per heavy atom. The largest absolute Gasteiger partial charge is 0 e. The number of ether oxygens (including phenoxy) is 1. The van der Waals surface area contributed by atoms with Gasteiger partial charge in [-0.05, 0) is 102 Å². The molecule has 5 aromatic rings. The topological polar surface area (TPSA) is 66.7 Å². The Hall–Kier alpha value is -3.38. The van der Waals surface area contributed by atoms with Crippen molar-refractivity contribution in [1.29, 1.82) is 0 Å². The normalized spacial score (nSPS) is 11.2. The van der Waals surface area contributed by atoms with E-state index in [-0.39, 0.29) is 36.9 Å². The van der Waals surface area contributed by atoms with Gasteiger partial charge in [0.05, 0.1) is 22.8 Å². The third-order valence-electron chi connectivity index (χ3n) is 7.95. The third kappa shape index (κ3) is 15.7. The first kappa shape index (κ1) is 44.8. The molecular formula is C44H51MoN3O2P2. The molecule has 1 aromatic heterocycles. The van der Waals surface area contributed by atoms with Gasteiger partial charge >= 0.3 is 11.3 Å². The monoisotopic (exact) mass is 813 g/mol. The van der Waals surface area contributed by atoms with E-state index in [9.17, 15) is 0 Å². The first-order valence-corrected chi connectivity index (χ1v) is 20.7. The SMILES string of the molecule is CC(=NCCCP(c1ccccc1)c1ccccc1)c1cccc(C(C)=NCCCP(c2ccccc2)c2ccccc2)n1.CCOCC.[C-]#[O+].[Mo]. The Morgan fingerprint density at radius 1 is 0.538 bits per heavy atom. The molecule has 8 heteroatoms. The molecule has 0 unspecified atom stereocenters. The predicted octanol–water partition coefficient (Wildman–Crippen LogP) is 8.75. The van der Waals surface area contributed by atoms with Crippen molar-refractivity contribution in [3.8, 4) is 0 Å². The minimum atomic E-state index is -0.388. The van der Waals surface area contributed by atoms with Crippen molar-refractivity contribution >= 4 is 48.5 Å². The van der Waals surface area contributed by atoms with E-state index in [0.717, 1.165) is 74.3 Å². The summed E-state index contributed by atoms with van der Waals surface area (Å²) < 4.78 is 12.3. The molecule has 0 radical (unpaired) electrons. The minimum Gasteiger partial charge on any atom is 0 e. The maximum atomic E-state index is 7.50. The molecule has 0 atom stereocenters. The summed E-state index contributed by atoms with van der Waals surface area (Å²) in [5.41, 5.74) is 3.84. The van der Waals surface area contributed by atoms with Crippen LogP contribution in [0.5, 0.6) is 0 Å². The van der Waals surface area contributed by atoms with E-state index in [0.29, 0.717) is 0 Å². The zero-order chi connectivity index (χ0) is 36.5. The number of nitrogens with zero attached hydrogens (tertiary/aromatic N) is 3. The van der Waals surface area contributed by atoms with E-state index in [4.69, 9.17) is 24.4 Å². The molecule has 0 aliphatic heterocycles. The average molecular weight is 812 g/mol. The van der Waals surface area contributed by atoms with Crippen molar-refractivity contribution in [2.75, 3.05) is 38.6 Å². The second-order valence-electron chi connectivity index (χ2n) is 11.5. The summed E-state index contributed by atoms with van der Waals surface area (Å²) in [4.78, 5) is 14.8. The molecule has 0 bridgehead atoms. The van der Waals surface area contributed by atoms with Gasteiger partial charge in [-0.15, -0.1) is 0 Å². The second-order valence-corrected chi connectivity index (χ2v) is 16.1. The van der Waals surface area contributed by atoms with Gasteiger partial charge in [-0.2, -0.15) is 0 Å². The van der Waals surface area contributed by atoms with Gasteiger partial charge in [0, 0.05) is 47.4 Å². The van der Waals surface area contributed by atoms with Gasteiger partial charge in [0.1, 0.15) is 0 Å². The van der Waals surface area contributed by atoms with Crippen molar-refractivity contribution < 1.29 is 30.5 Å². The van der Waals surface area contributed by atoms with Crippen molar-refractivity contribution in [2.45, 2.75) is 40.5 Å². The van der Waals surface area contributed by atoms with Gasteiger partial charge in [-0.3, -0.25) is 9.98 Å². The van der Waals surface area contributed by atoms with E-state index in [2.05, 4.69) is 160 Å². The van der Waals surface area contributed by atoms with Crippen molar-refractivity contribution in [2.24, 2.45) is 9.98 Å². The standard InChI is InChI=1S/C39H41N3P2.C4H10O.CO.Mo/c1-32(40-28-16-30-43(34-18-7-3-8-19-34)35-20-9-4-10-21-35)38-26-15-27-39(42-38)33(2)41-29-17-31-44(36-22-11-5-12-23-36)37-24-13-6-14-25-37;1-3-5-4-2;1-2;/h3-15,18-27H,16-17,28-31H2,1-2H3;3-4H2,1-2H3;;. The molecule has 0 saturated heterocycles. The smallest absolute Gasteiger partial charge is 0 e. The summed E-state index contributed by atoms with van der Waals surface area (Å²) >= 11 is 0. The fourth-order valence-electron chi connectivity index (χ4n) is 5.40. The number of pyridine rings is 1. The fraction of sp³-hybridized carbons (Fsp3) is 0.273. The van der Waals surface area contributed by atoms with Crippen LogP contribution >= 0.6 is 15.8 Å². The van der Waals surface area contributed by atoms with E-state index < -0.39 is 0 Å². The van der Waals surface area contributed by atoms with Crippen LogP contribution in [-0.4, -0.2) is 55.0 Å². The van der Waals surface area contributed by atoms with Crippen LogP contribution in [0, 0.1) is 6.65 Å². The van der Waals surface area contributed by atoms with Crippen LogP contribution in [0.15, 0.2) is 150 Å². The summed E-state index contributed by atoms with van der Waals surface area (Å²) in [7, 11) is -0.776. The molecule has 0 amide bonds. The third-order valence-corrected chi connectivity index (χ3v) is 13.2. The summed E-state index contributed by atoms with van der Waals surface area (Å²) in [5.74, 6) is 0. The molecular weight excluding hydrogens is 760 g/mol. The number of hydrogen-bond donors (Lipinski definition) is 0. The molecule has 0 aliphatic rings. The quantitative estimate of drug-likeness (QED) is 0.0250. The van der Waals surface area contributed by atoms with Gasteiger partial charge in [-0.1, -0.05) is 127 Å². The van der Waals surface area contributed by atoms with Gasteiger partial charge < -0.3 is 4.74 Å². The summed E-state index contributed by atoms with van der Waals surface area (Å²) in [5, 5.41) is 5.70. The minimum absolute atomic E-state index is 0. The van der Waals surface area contributed by atoms with E-state index in [1.165, 1.54) is 21.2 Å². The first-order valence-electron chi connectivity index (χ1n) is 17.6. The Morgan fingerprint density at radius 2 is 0.846 bits per heavy atom. The molecule has 0 fully saturated rings. The Bertz CT molecular complexity index is 1540. The molecule has 5 nitrogen and oxygen atoms in total. The zero-order valence-electron chi connectivity index (χ0n) is 30.9. The molecule has 0 N–H and O–H groups in total. The number of rotatable bonds is 16. The first-order chi connectivity index (χ1) is 25.1. The van der Waals surface area contributed by atoms with Crippen molar-refractivity contribution in [1.82, 2.24) is 4.98 Å².